The molecule has 0 aliphatic carbocycles. The molecule has 3 rings (SSSR count). The molecule has 172 valence electrons. The van der Waals surface area contributed by atoms with Crippen LogP contribution in [0.4, 0.5) is 13.2 Å². The summed E-state index contributed by atoms with van der Waals surface area (Å²) in [4.78, 5) is 15.1. The number of carbonyl (C=O) groups excluding carboxylic acids is 1. The second-order valence-corrected chi connectivity index (χ2v) is 7.82. The molecule has 1 unspecified atom stereocenters. The van der Waals surface area contributed by atoms with Crippen LogP contribution in [0.2, 0.25) is 0 Å². The smallest absolute Gasteiger partial charge is 0.416 e. The molecule has 10 heteroatoms. The Balaban J connectivity index is 1.82. The van der Waals surface area contributed by atoms with Gasteiger partial charge in [-0.25, -0.2) is 4.68 Å². The summed E-state index contributed by atoms with van der Waals surface area (Å²) in [6, 6.07) is 6.76. The van der Waals surface area contributed by atoms with E-state index < -0.39 is 17.6 Å². The van der Waals surface area contributed by atoms with Crippen LogP contribution in [-0.2, 0) is 6.18 Å². The molecule has 1 N–H and O–H groups in total. The van der Waals surface area contributed by atoms with E-state index in [9.17, 15) is 18.0 Å². The highest BCUT2D eigenvalue weighted by Gasteiger charge is 2.31. The molecule has 6 nitrogen and oxygen atoms in total. The van der Waals surface area contributed by atoms with Crippen molar-refractivity contribution in [3.63, 3.8) is 0 Å². The van der Waals surface area contributed by atoms with Crippen LogP contribution in [0, 0.1) is 0 Å². The highest BCUT2D eigenvalue weighted by Crippen LogP contribution is 2.31. The third kappa shape index (κ3) is 5.31. The molecule has 0 aliphatic heterocycles. The minimum atomic E-state index is -4.48. The summed E-state index contributed by atoms with van der Waals surface area (Å²) in [6.45, 7) is 6.12. The van der Waals surface area contributed by atoms with E-state index >= 15 is 0 Å². The zero-order chi connectivity index (χ0) is 23.3. The Morgan fingerprint density at radius 3 is 2.62 bits per heavy atom. The number of halogens is 3. The Hall–Kier alpha value is -2.85. The molecule has 1 aromatic carbocycles. The molecule has 0 fully saturated rings. The third-order valence-corrected chi connectivity index (χ3v) is 5.89. The van der Waals surface area contributed by atoms with E-state index in [0.717, 1.165) is 30.8 Å². The Bertz CT molecular complexity index is 1030. The summed E-state index contributed by atoms with van der Waals surface area (Å²) in [5.41, 5.74) is 0.499. The van der Waals surface area contributed by atoms with E-state index in [-0.39, 0.29) is 23.2 Å². The van der Waals surface area contributed by atoms with Gasteiger partial charge in [-0.1, -0.05) is 19.9 Å². The molecule has 0 saturated carbocycles. The van der Waals surface area contributed by atoms with Crippen molar-refractivity contribution >= 4 is 17.2 Å². The summed E-state index contributed by atoms with van der Waals surface area (Å²) in [5.74, 6) is -0.283. The van der Waals surface area contributed by atoms with E-state index in [1.165, 1.54) is 30.1 Å². The largest absolute Gasteiger partial charge is 0.493 e. The van der Waals surface area contributed by atoms with Gasteiger partial charge in [-0.05, 0) is 53.7 Å². The van der Waals surface area contributed by atoms with Gasteiger partial charge in [-0.3, -0.25) is 9.69 Å². The fourth-order valence-corrected chi connectivity index (χ4v) is 4.19. The number of alkyl halides is 3. The number of carbonyl (C=O) groups is 1. The minimum absolute atomic E-state index is 0.00301. The Morgan fingerprint density at radius 2 is 2.03 bits per heavy atom. The van der Waals surface area contributed by atoms with E-state index in [2.05, 4.69) is 34.5 Å². The lowest BCUT2D eigenvalue weighted by Crippen LogP contribution is -2.38. The average molecular weight is 467 g/mol. The fourth-order valence-electron chi connectivity index (χ4n) is 3.48. The summed E-state index contributed by atoms with van der Waals surface area (Å²) in [6.07, 6.45) is -3.08. The lowest BCUT2D eigenvalue weighted by molar-refractivity contribution is -0.137. The van der Waals surface area contributed by atoms with Crippen molar-refractivity contribution in [3.8, 4) is 11.4 Å². The molecule has 2 heterocycles. The van der Waals surface area contributed by atoms with Crippen molar-refractivity contribution < 1.29 is 22.7 Å². The van der Waals surface area contributed by atoms with Gasteiger partial charge in [0.1, 0.15) is 0 Å². The number of aromatic nitrogens is 2. The third-order valence-electron chi connectivity index (χ3n) is 5.19. The Morgan fingerprint density at radius 1 is 1.28 bits per heavy atom. The highest BCUT2D eigenvalue weighted by molar-refractivity contribution is 7.08. The molecule has 0 bridgehead atoms. The van der Waals surface area contributed by atoms with Gasteiger partial charge in [0.25, 0.3) is 5.91 Å². The van der Waals surface area contributed by atoms with Crippen molar-refractivity contribution in [2.24, 2.45) is 0 Å². The number of likely N-dealkylation sites (N-methyl/N-ethyl adjacent to an activating group) is 1. The standard InChI is InChI=1S/C22H25F3N4O2S/c1-4-28(5-2)18(15-9-10-32-14-15)12-26-21(30)20-19(31-3)13-29(27-20)17-8-6-7-16(11-17)22(23,24)25/h6-11,13-14,18H,4-5,12H2,1-3H3,(H,26,30). The van der Waals surface area contributed by atoms with E-state index in [1.807, 2.05) is 11.4 Å². The molecule has 0 radical (unpaired) electrons. The number of nitrogens with zero attached hydrogens (tertiary/aromatic N) is 3. The van der Waals surface area contributed by atoms with Gasteiger partial charge >= 0.3 is 6.18 Å². The topological polar surface area (TPSA) is 59.4 Å². The number of hydrogen-bond acceptors (Lipinski definition) is 5. The predicted molar refractivity (Wildman–Crippen MR) is 117 cm³/mol. The number of amides is 1. The van der Waals surface area contributed by atoms with Crippen LogP contribution in [0.25, 0.3) is 5.69 Å². The number of thiophene rings is 1. The van der Waals surface area contributed by atoms with Gasteiger partial charge in [-0.15, -0.1) is 0 Å². The maximum atomic E-state index is 13.1. The van der Waals surface area contributed by atoms with Gasteiger partial charge in [0.05, 0.1) is 30.6 Å². The van der Waals surface area contributed by atoms with Crippen LogP contribution in [-0.4, -0.2) is 47.3 Å². The second-order valence-electron chi connectivity index (χ2n) is 7.04. The SMILES string of the molecule is CCN(CC)C(CNC(=O)c1nn(-c2cccc(C(F)(F)F)c2)cc1OC)c1ccsc1. The Kier molecular flexibility index (Phi) is 7.57. The van der Waals surface area contributed by atoms with Crippen molar-refractivity contribution in [3.05, 3.63) is 64.1 Å². The molecule has 0 aliphatic rings. The summed E-state index contributed by atoms with van der Waals surface area (Å²) in [5, 5.41) is 11.1. The van der Waals surface area contributed by atoms with Crippen LogP contribution >= 0.6 is 11.3 Å². The molecule has 1 amide bonds. The van der Waals surface area contributed by atoms with Gasteiger partial charge in [0, 0.05) is 6.54 Å². The normalized spacial score (nSPS) is 12.7. The summed E-state index contributed by atoms with van der Waals surface area (Å²) in [7, 11) is 1.38. The van der Waals surface area contributed by atoms with Crippen LogP contribution in [0.5, 0.6) is 5.75 Å². The maximum Gasteiger partial charge on any atom is 0.416 e. The average Bonchev–Trinajstić information content (AvgIpc) is 3.46. The first-order valence-corrected chi connectivity index (χ1v) is 11.1. The zero-order valence-corrected chi connectivity index (χ0v) is 18.8. The first-order chi connectivity index (χ1) is 15.3. The van der Waals surface area contributed by atoms with Crippen LogP contribution in [0.1, 0.15) is 41.5 Å². The molecule has 32 heavy (non-hydrogen) atoms. The number of nitrogens with one attached hydrogen (secondary N) is 1. The molecule has 1 atom stereocenters. The molecule has 2 aromatic heterocycles. The van der Waals surface area contributed by atoms with Gasteiger partial charge in [0.15, 0.2) is 11.4 Å². The first kappa shape index (κ1) is 23.8. The minimum Gasteiger partial charge on any atom is -0.493 e. The Labute approximate surface area is 188 Å². The number of benzene rings is 1. The number of methoxy groups -OCH3 is 1. The summed E-state index contributed by atoms with van der Waals surface area (Å²) < 4.78 is 45.6. The van der Waals surface area contributed by atoms with Crippen molar-refractivity contribution in [2.45, 2.75) is 26.1 Å². The van der Waals surface area contributed by atoms with Crippen LogP contribution in [0.3, 0.4) is 0 Å². The zero-order valence-electron chi connectivity index (χ0n) is 18.0. The predicted octanol–water partition coefficient (Wildman–Crippen LogP) is 4.77. The lowest BCUT2D eigenvalue weighted by Gasteiger charge is -2.29. The highest BCUT2D eigenvalue weighted by atomic mass is 32.1. The van der Waals surface area contributed by atoms with Crippen molar-refractivity contribution in [2.75, 3.05) is 26.7 Å². The lowest BCUT2D eigenvalue weighted by atomic mass is 10.1. The van der Waals surface area contributed by atoms with Crippen molar-refractivity contribution in [1.29, 1.82) is 0 Å². The molecule has 3 aromatic rings. The van der Waals surface area contributed by atoms with Gasteiger partial charge < -0.3 is 10.1 Å². The van der Waals surface area contributed by atoms with Crippen LogP contribution in [0.15, 0.2) is 47.3 Å². The number of ether oxygens (including phenoxy) is 1. The van der Waals surface area contributed by atoms with Gasteiger partial charge in [0.2, 0.25) is 0 Å². The van der Waals surface area contributed by atoms with E-state index in [4.69, 9.17) is 4.74 Å². The molecule has 0 saturated heterocycles. The fraction of sp³-hybridized carbons (Fsp3) is 0.364. The number of hydrogen-bond donors (Lipinski definition) is 1. The van der Waals surface area contributed by atoms with Gasteiger partial charge in [-0.2, -0.15) is 29.6 Å². The first-order valence-electron chi connectivity index (χ1n) is 10.1. The van der Waals surface area contributed by atoms with E-state index in [0.29, 0.717) is 6.54 Å². The molecular weight excluding hydrogens is 441 g/mol. The molecular formula is C22H25F3N4O2S. The second kappa shape index (κ2) is 10.2. The van der Waals surface area contributed by atoms with E-state index in [1.54, 1.807) is 11.3 Å². The van der Waals surface area contributed by atoms with Crippen molar-refractivity contribution in [1.82, 2.24) is 20.0 Å². The quantitative estimate of drug-likeness (QED) is 0.493. The molecule has 0 spiro atoms. The maximum absolute atomic E-state index is 13.1. The number of rotatable bonds is 9. The van der Waals surface area contributed by atoms with Crippen LogP contribution < -0.4 is 10.1 Å². The summed E-state index contributed by atoms with van der Waals surface area (Å²) >= 11 is 1.59. The monoisotopic (exact) mass is 466 g/mol.